The highest BCUT2D eigenvalue weighted by molar-refractivity contribution is 6.39. The zero-order valence-electron chi connectivity index (χ0n) is 43.1. The van der Waals surface area contributed by atoms with E-state index in [0.29, 0.717) is 13.1 Å². The lowest BCUT2D eigenvalue weighted by Crippen LogP contribution is -3.07. The summed E-state index contributed by atoms with van der Waals surface area (Å²) in [5.41, 5.74) is -3.19. The van der Waals surface area contributed by atoms with Crippen molar-refractivity contribution in [3.63, 3.8) is 0 Å². The van der Waals surface area contributed by atoms with Gasteiger partial charge in [-0.1, -0.05) is 154 Å². The molecule has 17 heteroatoms. The second kappa shape index (κ2) is 34.2. The minimum Gasteiger partial charge on any atom is -0.490 e. The van der Waals surface area contributed by atoms with E-state index < -0.39 is 54.3 Å². The van der Waals surface area contributed by atoms with Gasteiger partial charge >= 0.3 is 32.0 Å². The Kier molecular flexibility index (Phi) is 29.5. The highest BCUT2D eigenvalue weighted by Crippen LogP contribution is 2.36. The topological polar surface area (TPSA) is 32.1 Å². The maximum absolute atomic E-state index is 14.3. The van der Waals surface area contributed by atoms with Crippen molar-refractivity contribution < 1.29 is 71.5 Å². The summed E-state index contributed by atoms with van der Waals surface area (Å²) in [6.45, 7) is 5.47. The Labute approximate surface area is 432 Å². The van der Waals surface area contributed by atoms with Crippen LogP contribution in [0, 0.1) is 6.07 Å². The molecule has 0 fully saturated rings. The van der Waals surface area contributed by atoms with E-state index in [1.807, 2.05) is 0 Å². The second-order valence-electron chi connectivity index (χ2n) is 18.9. The molecule has 0 spiro atoms. The van der Waals surface area contributed by atoms with Gasteiger partial charge in [-0.2, -0.15) is 83.0 Å². The van der Waals surface area contributed by atoms with Crippen LogP contribution in [0.15, 0.2) is 91.0 Å². The van der Waals surface area contributed by atoms with Gasteiger partial charge in [-0.05, 0) is 86.3 Å². The quantitative estimate of drug-likeness (QED) is 0.0219. The summed E-state index contributed by atoms with van der Waals surface area (Å²) in [6, 6.07) is 17.3. The van der Waals surface area contributed by atoms with Crippen molar-refractivity contribution >= 4 is 13.0 Å². The van der Waals surface area contributed by atoms with Crippen LogP contribution in [0.5, 0.6) is 17.2 Å². The SMILES string of the molecule is CCCCCCCCCCCCCCCC[NH+](CCCCCCCCCCCCC)c1cc(C(F)(F)F)ccc1OB(Oc1ccc(C(F)(F)F)cc1)Oc1ccc(C(F)(F)F)cc1.FC(F)(F)c1cc[c-]cc1. The Morgan fingerprint density at radius 3 is 0.973 bits per heavy atom. The van der Waals surface area contributed by atoms with Gasteiger partial charge < -0.3 is 14.0 Å². The van der Waals surface area contributed by atoms with E-state index >= 15 is 0 Å². The zero-order chi connectivity index (χ0) is 54.3. The second-order valence-corrected chi connectivity index (χ2v) is 18.9. The number of hydrogen-bond donors (Lipinski definition) is 1. The van der Waals surface area contributed by atoms with Gasteiger partial charge in [0.05, 0.1) is 29.8 Å². The predicted octanol–water partition coefficient (Wildman–Crippen LogP) is 19.1. The number of unbranched alkanes of at least 4 members (excludes halogenated alkanes) is 23. The van der Waals surface area contributed by atoms with Crippen LogP contribution in [0.2, 0.25) is 0 Å². The lowest BCUT2D eigenvalue weighted by atomic mass is 10.0. The molecule has 4 nitrogen and oxygen atoms in total. The lowest BCUT2D eigenvalue weighted by molar-refractivity contribution is -0.833. The van der Waals surface area contributed by atoms with Gasteiger partial charge in [0.15, 0.2) is 11.4 Å². The molecule has 74 heavy (non-hydrogen) atoms. The molecule has 0 heterocycles. The molecule has 1 atom stereocenters. The van der Waals surface area contributed by atoms with Crippen LogP contribution in [-0.4, -0.2) is 20.4 Å². The van der Waals surface area contributed by atoms with E-state index in [-0.39, 0.29) is 22.9 Å². The molecule has 0 aromatic heterocycles. The predicted molar refractivity (Wildman–Crippen MR) is 269 cm³/mol. The minimum atomic E-state index is -4.67. The van der Waals surface area contributed by atoms with Crippen LogP contribution < -0.4 is 18.9 Å². The number of halogens is 12. The average Bonchev–Trinajstić information content (AvgIpc) is 3.35. The van der Waals surface area contributed by atoms with Crippen molar-refractivity contribution in [2.75, 3.05) is 13.1 Å². The van der Waals surface area contributed by atoms with E-state index in [1.165, 1.54) is 115 Å². The molecule has 0 amide bonds. The molecule has 4 aromatic rings. The number of nitrogens with one attached hydrogen (secondary N) is 1. The number of hydrogen-bond acceptors (Lipinski definition) is 3. The van der Waals surface area contributed by atoms with Gasteiger partial charge in [-0.15, -0.1) is 0 Å². The molecule has 4 aromatic carbocycles. The van der Waals surface area contributed by atoms with E-state index in [1.54, 1.807) is 0 Å². The number of alkyl halides is 12. The number of quaternary nitrogens is 1. The fourth-order valence-electron chi connectivity index (χ4n) is 8.43. The highest BCUT2D eigenvalue weighted by Gasteiger charge is 2.38. The molecule has 1 N–H and O–H groups in total. The maximum Gasteiger partial charge on any atom is 0.864 e. The standard InChI is InChI=1S/C50H71BF9NO3.C7H4F3/c1-3-5-7-9-11-13-15-16-17-19-21-23-25-27-39-61(38-26-24-22-20-18-14-12-10-8-6-4-2)46-40-43(50(58,59)60)32-37-47(46)64-51(62-44-33-28-41(29-34-44)48(52,53)54)63-45-35-30-42(31-36-45)49(55,56)57;8-7(9,10)6-4-2-1-3-5-6/h28-37,40H,3-27,38-39H2,1-2H3;2-5H/q;-1/p+1. The summed E-state index contributed by atoms with van der Waals surface area (Å²) in [5, 5.41) is 0. The molecular weight excluding hydrogens is 985 g/mol. The van der Waals surface area contributed by atoms with E-state index in [2.05, 4.69) is 19.9 Å². The molecular formula is C57H76BF12NO3. The molecule has 4 rings (SSSR count). The van der Waals surface area contributed by atoms with E-state index in [4.69, 9.17) is 14.0 Å². The molecule has 0 aliphatic rings. The van der Waals surface area contributed by atoms with Crippen molar-refractivity contribution in [1.82, 2.24) is 0 Å². The van der Waals surface area contributed by atoms with Gasteiger partial charge in [0.25, 0.3) is 0 Å². The maximum atomic E-state index is 14.3. The fourth-order valence-corrected chi connectivity index (χ4v) is 8.43. The summed E-state index contributed by atoms with van der Waals surface area (Å²) in [4.78, 5) is 0.777. The molecule has 0 saturated heterocycles. The molecule has 0 aliphatic heterocycles. The lowest BCUT2D eigenvalue weighted by Gasteiger charge is -2.24. The highest BCUT2D eigenvalue weighted by atomic mass is 19.4. The van der Waals surface area contributed by atoms with Crippen LogP contribution in [-0.2, 0) is 24.7 Å². The smallest absolute Gasteiger partial charge is 0.490 e. The number of rotatable bonds is 34. The first-order chi connectivity index (χ1) is 35.2. The van der Waals surface area contributed by atoms with Gasteiger partial charge in [-0.25, -0.2) is 0 Å². The Morgan fingerprint density at radius 1 is 0.365 bits per heavy atom. The first-order valence-corrected chi connectivity index (χ1v) is 26.7. The minimum absolute atomic E-state index is 0.0136. The van der Waals surface area contributed by atoms with E-state index in [9.17, 15) is 52.7 Å². The Balaban J connectivity index is 0.00000128. The first kappa shape index (κ1) is 63.8. The molecule has 0 bridgehead atoms. The van der Waals surface area contributed by atoms with Gasteiger partial charge in [0.2, 0.25) is 0 Å². The Hall–Kier alpha value is -4.54. The van der Waals surface area contributed by atoms with Crippen molar-refractivity contribution in [2.24, 2.45) is 0 Å². The van der Waals surface area contributed by atoms with Crippen molar-refractivity contribution in [3.8, 4) is 17.2 Å². The van der Waals surface area contributed by atoms with Crippen LogP contribution in [0.3, 0.4) is 0 Å². The monoisotopic (exact) mass is 1060 g/mol. The third-order valence-corrected chi connectivity index (χ3v) is 12.7. The molecule has 414 valence electrons. The summed E-state index contributed by atoms with van der Waals surface area (Å²) in [6.07, 6.45) is 10.5. The van der Waals surface area contributed by atoms with E-state index in [0.717, 1.165) is 142 Å². The van der Waals surface area contributed by atoms with Crippen LogP contribution >= 0.6 is 0 Å². The third kappa shape index (κ3) is 26.8. The normalized spacial score (nSPS) is 12.5. The van der Waals surface area contributed by atoms with Crippen LogP contribution in [0.25, 0.3) is 0 Å². The Bertz CT molecular complexity index is 1990. The zero-order valence-corrected chi connectivity index (χ0v) is 43.1. The van der Waals surface area contributed by atoms with Gasteiger partial charge in [0.1, 0.15) is 11.5 Å². The molecule has 0 radical (unpaired) electrons. The molecule has 0 aliphatic carbocycles. The van der Waals surface area contributed by atoms with Crippen LogP contribution in [0.4, 0.5) is 58.4 Å². The summed E-state index contributed by atoms with van der Waals surface area (Å²) >= 11 is 0. The number of benzene rings is 4. The summed E-state index contributed by atoms with van der Waals surface area (Å²) in [7, 11) is -1.81. The molecule has 0 saturated carbocycles. The van der Waals surface area contributed by atoms with Gasteiger partial charge in [0, 0.05) is 6.07 Å². The summed E-state index contributed by atoms with van der Waals surface area (Å²) < 4.78 is 176. The van der Waals surface area contributed by atoms with Crippen molar-refractivity contribution in [3.05, 3.63) is 119 Å². The van der Waals surface area contributed by atoms with Gasteiger partial charge in [-0.3, -0.25) is 4.90 Å². The third-order valence-electron chi connectivity index (χ3n) is 12.7. The largest absolute Gasteiger partial charge is 0.864 e. The Morgan fingerprint density at radius 2 is 0.662 bits per heavy atom. The van der Waals surface area contributed by atoms with Crippen LogP contribution in [0.1, 0.15) is 197 Å². The molecule has 1 unspecified atom stereocenters. The first-order valence-electron chi connectivity index (χ1n) is 26.7. The van der Waals surface area contributed by atoms with Crippen molar-refractivity contribution in [2.45, 2.75) is 199 Å². The van der Waals surface area contributed by atoms with Crippen molar-refractivity contribution in [1.29, 1.82) is 0 Å². The average molecular weight is 1060 g/mol. The fraction of sp³-hybridized carbons (Fsp3) is 0.579. The summed E-state index contributed by atoms with van der Waals surface area (Å²) in [5.74, 6) is -0.280.